The van der Waals surface area contributed by atoms with Crippen molar-refractivity contribution in [2.45, 2.75) is 39.8 Å². The van der Waals surface area contributed by atoms with Crippen LogP contribution in [0, 0.1) is 0 Å². The maximum Gasteiger partial charge on any atom is 0.273 e. The van der Waals surface area contributed by atoms with Gasteiger partial charge in [0.2, 0.25) is 0 Å². The molecule has 2 aromatic rings. The summed E-state index contributed by atoms with van der Waals surface area (Å²) in [6.45, 7) is 7.97. The number of carbonyl (C=O) groups excluding carboxylic acids is 1. The lowest BCUT2D eigenvalue weighted by molar-refractivity contribution is 0.0750. The first-order valence-electron chi connectivity index (χ1n) is 7.38. The lowest BCUT2D eigenvalue weighted by atomic mass is 10.2. The highest BCUT2D eigenvalue weighted by molar-refractivity contribution is 7.13. The molecule has 0 aliphatic carbocycles. The van der Waals surface area contributed by atoms with Crippen LogP contribution in [0.5, 0.6) is 5.75 Å². The molecule has 1 amide bonds. The molecule has 0 unspecified atom stereocenters. The molecule has 0 saturated heterocycles. The van der Waals surface area contributed by atoms with E-state index in [9.17, 15) is 4.79 Å². The van der Waals surface area contributed by atoms with Crippen molar-refractivity contribution < 1.29 is 9.53 Å². The minimum atomic E-state index is -0.0442. The van der Waals surface area contributed by atoms with Gasteiger partial charge in [-0.2, -0.15) is 0 Å². The zero-order chi connectivity index (χ0) is 16.3. The Labute approximate surface area is 135 Å². The van der Waals surface area contributed by atoms with E-state index in [0.717, 1.165) is 16.3 Å². The molecule has 118 valence electrons. The summed E-state index contributed by atoms with van der Waals surface area (Å²) in [6, 6.07) is 7.95. The van der Waals surface area contributed by atoms with Gasteiger partial charge in [0.1, 0.15) is 16.5 Å². The fourth-order valence-electron chi connectivity index (χ4n) is 1.87. The third kappa shape index (κ3) is 3.85. The molecule has 0 radical (unpaired) electrons. The molecule has 2 rings (SSSR count). The van der Waals surface area contributed by atoms with Gasteiger partial charge in [-0.1, -0.05) is 0 Å². The second-order valence-electron chi connectivity index (χ2n) is 5.74. The maximum absolute atomic E-state index is 12.3. The Morgan fingerprint density at radius 3 is 2.36 bits per heavy atom. The fourth-order valence-corrected chi connectivity index (χ4v) is 2.67. The van der Waals surface area contributed by atoms with Crippen LogP contribution in [-0.2, 0) is 0 Å². The van der Waals surface area contributed by atoms with Crippen LogP contribution in [0.4, 0.5) is 0 Å². The molecule has 1 aromatic carbocycles. The van der Waals surface area contributed by atoms with Crippen molar-refractivity contribution in [2.24, 2.45) is 0 Å². The third-order valence-corrected chi connectivity index (χ3v) is 4.18. The van der Waals surface area contributed by atoms with Crippen molar-refractivity contribution >= 4 is 17.2 Å². The Kier molecular flexibility index (Phi) is 5.19. The molecule has 0 fully saturated rings. The van der Waals surface area contributed by atoms with E-state index in [0.29, 0.717) is 5.69 Å². The largest absolute Gasteiger partial charge is 0.491 e. The molecule has 4 nitrogen and oxygen atoms in total. The molecule has 0 atom stereocenters. The number of aromatic nitrogens is 1. The fraction of sp³-hybridized carbons (Fsp3) is 0.412. The summed E-state index contributed by atoms with van der Waals surface area (Å²) in [6.07, 6.45) is 0.154. The second kappa shape index (κ2) is 6.92. The van der Waals surface area contributed by atoms with E-state index in [1.807, 2.05) is 57.3 Å². The predicted molar refractivity (Wildman–Crippen MR) is 90.5 cm³/mol. The summed E-state index contributed by atoms with van der Waals surface area (Å²) in [5.41, 5.74) is 1.49. The molecular weight excluding hydrogens is 296 g/mol. The minimum Gasteiger partial charge on any atom is -0.491 e. The normalized spacial score (nSPS) is 11.0. The molecule has 0 N–H and O–H groups in total. The van der Waals surface area contributed by atoms with E-state index in [1.54, 1.807) is 11.9 Å². The first-order chi connectivity index (χ1) is 10.4. The van der Waals surface area contributed by atoms with Crippen molar-refractivity contribution in [2.75, 3.05) is 7.05 Å². The van der Waals surface area contributed by atoms with Crippen LogP contribution in [0.15, 0.2) is 29.6 Å². The average Bonchev–Trinajstić information content (AvgIpc) is 2.95. The number of hydrogen-bond donors (Lipinski definition) is 0. The SMILES string of the molecule is CC(C)Oc1ccc(-c2nc(C(=O)N(C)C(C)C)cs2)cc1. The Bertz CT molecular complexity index is 632. The molecule has 0 bridgehead atoms. The number of ether oxygens (including phenoxy) is 1. The molecular formula is C17H22N2O2S. The topological polar surface area (TPSA) is 42.4 Å². The van der Waals surface area contributed by atoms with E-state index in [1.165, 1.54) is 11.3 Å². The highest BCUT2D eigenvalue weighted by Gasteiger charge is 2.18. The maximum atomic E-state index is 12.3. The van der Waals surface area contributed by atoms with Crippen LogP contribution in [0.3, 0.4) is 0 Å². The lowest BCUT2D eigenvalue weighted by Gasteiger charge is -2.19. The first kappa shape index (κ1) is 16.5. The van der Waals surface area contributed by atoms with Gasteiger partial charge in [0.05, 0.1) is 6.10 Å². The van der Waals surface area contributed by atoms with Gasteiger partial charge in [-0.3, -0.25) is 4.79 Å². The summed E-state index contributed by atoms with van der Waals surface area (Å²) < 4.78 is 5.63. The molecule has 0 spiro atoms. The highest BCUT2D eigenvalue weighted by Crippen LogP contribution is 2.26. The molecule has 1 heterocycles. The monoisotopic (exact) mass is 318 g/mol. The van der Waals surface area contributed by atoms with Gasteiger partial charge in [0.15, 0.2) is 0 Å². The second-order valence-corrected chi connectivity index (χ2v) is 6.60. The molecule has 5 heteroatoms. The quantitative estimate of drug-likeness (QED) is 0.834. The van der Waals surface area contributed by atoms with Gasteiger partial charge in [-0.25, -0.2) is 4.98 Å². The van der Waals surface area contributed by atoms with Crippen molar-refractivity contribution in [3.63, 3.8) is 0 Å². The van der Waals surface area contributed by atoms with Crippen LogP contribution < -0.4 is 4.74 Å². The average molecular weight is 318 g/mol. The van der Waals surface area contributed by atoms with Gasteiger partial charge in [-0.05, 0) is 52.0 Å². The van der Waals surface area contributed by atoms with E-state index in [-0.39, 0.29) is 18.1 Å². The number of hydrogen-bond acceptors (Lipinski definition) is 4. The zero-order valence-corrected chi connectivity index (χ0v) is 14.5. The first-order valence-corrected chi connectivity index (χ1v) is 8.26. The number of benzene rings is 1. The number of nitrogens with zero attached hydrogens (tertiary/aromatic N) is 2. The minimum absolute atomic E-state index is 0.0442. The van der Waals surface area contributed by atoms with Crippen molar-refractivity contribution in [1.82, 2.24) is 9.88 Å². The molecule has 0 saturated carbocycles. The van der Waals surface area contributed by atoms with Crippen LogP contribution >= 0.6 is 11.3 Å². The van der Waals surface area contributed by atoms with E-state index in [4.69, 9.17) is 4.74 Å². The zero-order valence-electron chi connectivity index (χ0n) is 13.7. The van der Waals surface area contributed by atoms with Crippen LogP contribution in [0.2, 0.25) is 0 Å². The summed E-state index contributed by atoms with van der Waals surface area (Å²) in [4.78, 5) is 18.4. The van der Waals surface area contributed by atoms with Crippen molar-refractivity contribution in [1.29, 1.82) is 0 Å². The standard InChI is InChI=1S/C17H22N2O2S/c1-11(2)19(5)17(20)15-10-22-16(18-15)13-6-8-14(9-7-13)21-12(3)4/h6-12H,1-5H3. The van der Waals surface area contributed by atoms with Crippen LogP contribution in [0.25, 0.3) is 10.6 Å². The smallest absolute Gasteiger partial charge is 0.273 e. The highest BCUT2D eigenvalue weighted by atomic mass is 32.1. The lowest BCUT2D eigenvalue weighted by Crippen LogP contribution is -2.33. The Hall–Kier alpha value is -1.88. The number of carbonyl (C=O) groups is 1. The number of thiazole rings is 1. The predicted octanol–water partition coefficient (Wildman–Crippen LogP) is 4.08. The molecule has 0 aliphatic rings. The van der Waals surface area contributed by atoms with Gasteiger partial charge >= 0.3 is 0 Å². The van der Waals surface area contributed by atoms with E-state index < -0.39 is 0 Å². The molecule has 0 aliphatic heterocycles. The van der Waals surface area contributed by atoms with E-state index >= 15 is 0 Å². The third-order valence-electron chi connectivity index (χ3n) is 3.29. The summed E-state index contributed by atoms with van der Waals surface area (Å²) in [5.74, 6) is 0.795. The van der Waals surface area contributed by atoms with Gasteiger partial charge in [0, 0.05) is 24.0 Å². The van der Waals surface area contributed by atoms with Gasteiger partial charge < -0.3 is 9.64 Å². The molecule has 1 aromatic heterocycles. The van der Waals surface area contributed by atoms with E-state index in [2.05, 4.69) is 4.98 Å². The number of rotatable bonds is 5. The summed E-state index contributed by atoms with van der Waals surface area (Å²) >= 11 is 1.48. The van der Waals surface area contributed by atoms with Crippen molar-refractivity contribution in [3.8, 4) is 16.3 Å². The Balaban J connectivity index is 2.16. The summed E-state index contributed by atoms with van der Waals surface area (Å²) in [7, 11) is 1.80. The van der Waals surface area contributed by atoms with Crippen LogP contribution in [-0.4, -0.2) is 35.0 Å². The van der Waals surface area contributed by atoms with Crippen LogP contribution in [0.1, 0.15) is 38.2 Å². The van der Waals surface area contributed by atoms with Crippen molar-refractivity contribution in [3.05, 3.63) is 35.3 Å². The Morgan fingerprint density at radius 2 is 1.82 bits per heavy atom. The summed E-state index contributed by atoms with van der Waals surface area (Å²) in [5, 5.41) is 2.66. The van der Waals surface area contributed by atoms with Gasteiger partial charge in [-0.15, -0.1) is 11.3 Å². The molecule has 22 heavy (non-hydrogen) atoms. The van der Waals surface area contributed by atoms with Gasteiger partial charge in [0.25, 0.3) is 5.91 Å². The Morgan fingerprint density at radius 1 is 1.18 bits per heavy atom. The number of amides is 1.